The molecule has 0 spiro atoms. The van der Waals surface area contributed by atoms with Crippen LogP contribution >= 0.6 is 0 Å². The Labute approximate surface area is 311 Å². The fourth-order valence-electron chi connectivity index (χ4n) is 5.46. The van der Waals surface area contributed by atoms with Crippen molar-refractivity contribution in [2.24, 2.45) is 0 Å². The zero-order valence-electron chi connectivity index (χ0n) is 30.1. The maximum Gasteiger partial charge on any atom is 0.279 e. The van der Waals surface area contributed by atoms with E-state index in [1.165, 1.54) is 51.7 Å². The number of methoxy groups -OCH3 is 2. The summed E-state index contributed by atoms with van der Waals surface area (Å²) in [6.45, 7) is 5.65. The Balaban J connectivity index is 0.000000208. The molecule has 54 heavy (non-hydrogen) atoms. The van der Waals surface area contributed by atoms with E-state index in [1.54, 1.807) is 68.4 Å². The van der Waals surface area contributed by atoms with Gasteiger partial charge in [-0.1, -0.05) is 0 Å². The third-order valence-corrected chi connectivity index (χ3v) is 10.8. The van der Waals surface area contributed by atoms with Gasteiger partial charge in [0.15, 0.2) is 0 Å². The van der Waals surface area contributed by atoms with Crippen LogP contribution in [0.4, 0.5) is 11.4 Å². The molecule has 2 aromatic heterocycles. The zero-order chi connectivity index (χ0) is 39.2. The Morgan fingerprint density at radius 2 is 1.02 bits per heavy atom. The number of fused-ring (bicyclic) bond motifs is 2. The lowest BCUT2D eigenvalue weighted by molar-refractivity contribution is 0.0537. The molecule has 0 fully saturated rings. The van der Waals surface area contributed by atoms with Gasteiger partial charge >= 0.3 is 0 Å². The van der Waals surface area contributed by atoms with E-state index >= 15 is 0 Å². The molecular weight excluding hydrogens is 741 g/mol. The minimum absolute atomic E-state index is 0.0871. The minimum atomic E-state index is -3.80. The van der Waals surface area contributed by atoms with Crippen LogP contribution in [0, 0.1) is 13.8 Å². The molecule has 0 saturated carbocycles. The number of carbonyl (C=O) groups is 2. The topological polar surface area (TPSA) is 205 Å². The van der Waals surface area contributed by atoms with Crippen molar-refractivity contribution in [1.29, 1.82) is 0 Å². The molecule has 0 bridgehead atoms. The van der Waals surface area contributed by atoms with Gasteiger partial charge in [0.05, 0.1) is 42.2 Å². The number of nitrogens with one attached hydrogen (secondary N) is 4. The number of rotatable bonds is 12. The molecule has 0 radical (unpaired) electrons. The highest BCUT2D eigenvalue weighted by Gasteiger charge is 2.22. The Hall–Kier alpha value is -6.04. The van der Waals surface area contributed by atoms with E-state index in [0.717, 1.165) is 0 Å². The first-order valence-corrected chi connectivity index (χ1v) is 19.2. The zero-order valence-corrected chi connectivity index (χ0v) is 31.7. The normalized spacial score (nSPS) is 11.4. The van der Waals surface area contributed by atoms with Crippen LogP contribution in [0.1, 0.15) is 39.2 Å². The monoisotopic (exact) mass is 778 g/mol. The second-order valence-electron chi connectivity index (χ2n) is 11.5. The Morgan fingerprint density at radius 1 is 0.611 bits per heavy atom. The first-order valence-electron chi connectivity index (χ1n) is 16.2. The van der Waals surface area contributed by atoms with Crippen LogP contribution in [-0.2, 0) is 24.9 Å². The third-order valence-electron chi connectivity index (χ3n) is 7.96. The predicted molar refractivity (Wildman–Crippen MR) is 202 cm³/mol. The van der Waals surface area contributed by atoms with E-state index in [1.807, 2.05) is 6.92 Å². The molecule has 2 heterocycles. The average Bonchev–Trinajstić information content (AvgIpc) is 3.66. The van der Waals surface area contributed by atoms with Crippen molar-refractivity contribution in [3.63, 3.8) is 0 Å². The molecule has 2 amide bonds. The quantitative estimate of drug-likeness (QED) is 0.104. The summed E-state index contributed by atoms with van der Waals surface area (Å²) in [7, 11) is -3.25. The molecule has 6 rings (SSSR count). The summed E-state index contributed by atoms with van der Waals surface area (Å²) >= 11 is 0. The van der Waals surface area contributed by atoms with Gasteiger partial charge in [-0.2, -0.15) is 0 Å². The summed E-state index contributed by atoms with van der Waals surface area (Å²) in [6, 6.07) is 21.6. The highest BCUT2D eigenvalue weighted by molar-refractivity contribution is 7.93. The van der Waals surface area contributed by atoms with E-state index in [9.17, 15) is 26.4 Å². The highest BCUT2D eigenvalue weighted by Crippen LogP contribution is 2.31. The average molecular weight is 779 g/mol. The van der Waals surface area contributed by atoms with Gasteiger partial charge in [0.25, 0.3) is 31.9 Å². The smallest absolute Gasteiger partial charge is 0.279 e. The van der Waals surface area contributed by atoms with Gasteiger partial charge in [-0.15, -0.1) is 0 Å². The van der Waals surface area contributed by atoms with Crippen LogP contribution < -0.4 is 29.7 Å². The summed E-state index contributed by atoms with van der Waals surface area (Å²) < 4.78 is 76.7. The molecule has 0 atom stereocenters. The molecule has 0 aliphatic carbocycles. The van der Waals surface area contributed by atoms with Gasteiger partial charge in [0, 0.05) is 28.7 Å². The SMILES string of the molecule is CCNC(=O)c1c(C)oc2ccc(NS(=O)(=O)c3ccc(OC)cc3)cc12.CONC(=O)c1c(C)oc2ccc(NS(=O)(=O)c3ccc(OC)cc3)cc12. The Kier molecular flexibility index (Phi) is 11.8. The third kappa shape index (κ3) is 8.60. The first kappa shape index (κ1) is 39.2. The summed E-state index contributed by atoms with van der Waals surface area (Å²) in [5, 5.41) is 3.75. The van der Waals surface area contributed by atoms with Crippen LogP contribution in [0.25, 0.3) is 21.9 Å². The number of furan rings is 2. The minimum Gasteiger partial charge on any atom is -0.497 e. The summed E-state index contributed by atoms with van der Waals surface area (Å²) in [5.41, 5.74) is 4.52. The second-order valence-corrected chi connectivity index (χ2v) is 14.9. The second kappa shape index (κ2) is 16.3. The van der Waals surface area contributed by atoms with E-state index in [0.29, 0.717) is 68.4 Å². The number of hydrogen-bond acceptors (Lipinski definition) is 11. The van der Waals surface area contributed by atoms with Crippen molar-refractivity contribution in [3.05, 3.63) is 108 Å². The summed E-state index contributed by atoms with van der Waals surface area (Å²) in [5.74, 6) is 1.25. The van der Waals surface area contributed by atoms with E-state index < -0.39 is 26.0 Å². The van der Waals surface area contributed by atoms with Gasteiger partial charge in [-0.05, 0) is 106 Å². The predicted octanol–water partition coefficient (Wildman–Crippen LogP) is 6.14. The van der Waals surface area contributed by atoms with Gasteiger partial charge < -0.3 is 23.6 Å². The lowest BCUT2D eigenvalue weighted by Gasteiger charge is -2.09. The van der Waals surface area contributed by atoms with Gasteiger partial charge in [-0.3, -0.25) is 23.9 Å². The lowest BCUT2D eigenvalue weighted by atomic mass is 10.1. The number of hydroxylamine groups is 1. The molecule has 15 nitrogen and oxygen atoms in total. The molecule has 0 aliphatic heterocycles. The van der Waals surface area contributed by atoms with Crippen molar-refractivity contribution < 1.29 is 49.6 Å². The van der Waals surface area contributed by atoms with E-state index in [4.69, 9.17) is 18.3 Å². The Bertz CT molecular complexity index is 2350. The van der Waals surface area contributed by atoms with Gasteiger partial charge in [0.2, 0.25) is 0 Å². The number of aryl methyl sites for hydroxylation is 2. The standard InChI is InChI=1S/C19H20N2O5S.C18H18N2O6S/c1-4-20-19(22)18-12(2)26-17-10-5-13(11-16(17)18)21-27(23,24)15-8-6-14(25-3)7-9-15;1-11-17(18(21)19-25-3)15-10-12(4-9-16(15)26-11)20-27(22,23)14-7-5-13(24-2)6-8-14/h5-11,21H,4H2,1-3H3,(H,20,22);4-10,20H,1-3H3,(H,19,21). The molecule has 0 saturated heterocycles. The number of amides is 2. The molecule has 4 N–H and O–H groups in total. The molecule has 284 valence electrons. The van der Waals surface area contributed by atoms with Crippen molar-refractivity contribution in [2.75, 3.05) is 37.3 Å². The van der Waals surface area contributed by atoms with Crippen molar-refractivity contribution in [2.45, 2.75) is 30.6 Å². The maximum atomic E-state index is 12.6. The lowest BCUT2D eigenvalue weighted by Crippen LogP contribution is -2.23. The highest BCUT2D eigenvalue weighted by atomic mass is 32.2. The molecule has 17 heteroatoms. The largest absolute Gasteiger partial charge is 0.497 e. The number of hydrogen-bond donors (Lipinski definition) is 4. The number of benzene rings is 4. The van der Waals surface area contributed by atoms with E-state index in [-0.39, 0.29) is 21.3 Å². The number of carbonyl (C=O) groups excluding carboxylic acids is 2. The van der Waals surface area contributed by atoms with Gasteiger partial charge in [-0.25, -0.2) is 22.3 Å². The first-order chi connectivity index (χ1) is 25.7. The Morgan fingerprint density at radius 3 is 1.39 bits per heavy atom. The fourth-order valence-corrected chi connectivity index (χ4v) is 7.56. The maximum absolute atomic E-state index is 12.6. The molecular formula is C37H38N4O11S2. The molecule has 4 aromatic carbocycles. The number of ether oxygens (including phenoxy) is 2. The summed E-state index contributed by atoms with van der Waals surface area (Å²) in [4.78, 5) is 29.3. The van der Waals surface area contributed by atoms with Crippen LogP contribution in [0.3, 0.4) is 0 Å². The van der Waals surface area contributed by atoms with E-state index in [2.05, 4.69) is 25.1 Å². The number of anilines is 2. The molecule has 0 unspecified atom stereocenters. The van der Waals surface area contributed by atoms with Crippen LogP contribution in [-0.4, -0.2) is 56.5 Å². The van der Waals surface area contributed by atoms with Crippen molar-refractivity contribution in [3.8, 4) is 11.5 Å². The van der Waals surface area contributed by atoms with Crippen molar-refractivity contribution >= 4 is 65.2 Å². The fraction of sp³-hybridized carbons (Fsp3) is 0.189. The van der Waals surface area contributed by atoms with Crippen LogP contribution in [0.2, 0.25) is 0 Å². The summed E-state index contributed by atoms with van der Waals surface area (Å²) in [6.07, 6.45) is 0. The molecule has 0 aliphatic rings. The van der Waals surface area contributed by atoms with Crippen LogP contribution in [0.5, 0.6) is 11.5 Å². The van der Waals surface area contributed by atoms with Gasteiger partial charge in [0.1, 0.15) is 34.2 Å². The number of sulfonamides is 2. The van der Waals surface area contributed by atoms with Crippen molar-refractivity contribution in [1.82, 2.24) is 10.8 Å². The molecule has 6 aromatic rings. The van der Waals surface area contributed by atoms with Crippen LogP contribution in [0.15, 0.2) is 104 Å².